The molecular formula is H14O54Pb23S9-2. The molecule has 0 spiro atoms. The third-order valence-electron chi connectivity index (χ3n) is 0.724. The van der Waals surface area contributed by atoms with Crippen molar-refractivity contribution < 1.29 is 201 Å². The summed E-state index contributed by atoms with van der Waals surface area (Å²) in [7, 11) is 12.6. The second-order valence-electron chi connectivity index (χ2n) is 3.29. The minimum atomic E-state index is -4.67. The van der Waals surface area contributed by atoms with Gasteiger partial charge in [-0.3, -0.25) is 18.2 Å². The average molecular weight is 5930 g/mol. The summed E-state index contributed by atoms with van der Waals surface area (Å²) in [6, 6.07) is 0. The SMILES string of the molecule is O.O.O=S(=O)(O)O.O=S(=O)(O)O.O=[SH-]=O.O=[SH-]=O.OOO[O][Pb]=[S].OOO[O][Pb]=[S].OOO[O][Pb]=[S].OOO[O][Pb]=[S].[O]=[Pb].[O]=[Pb].[O]=[Pb].[O]=[Pb].[O]=[Pb].[O]=[Pb].[O]=[Pb].[O]=[Pb].[O]=[Pb].[O]=[Pb].[O]=[Pb].[O]=[Pb].[O]=[Pb].[O]=[Pb][O]OO[O][Pb]=[S].[O]=[Pb][O][Pb]=[O].[O]=[Pb][O][Pb]=[O]. The summed E-state index contributed by atoms with van der Waals surface area (Å²) >= 11 is -18.4. The van der Waals surface area contributed by atoms with Gasteiger partial charge >= 0.3 is 774 Å². The van der Waals surface area contributed by atoms with Crippen LogP contribution in [0.25, 0.3) is 0 Å². The summed E-state index contributed by atoms with van der Waals surface area (Å²) in [4.78, 5) is 0. The predicted molar refractivity (Wildman–Crippen MR) is 269 cm³/mol. The fraction of sp³-hybridized carbons (Fsp3) is 0. The second-order valence-corrected chi connectivity index (χ2v) is 38.6. The van der Waals surface area contributed by atoms with Crippen molar-refractivity contribution in [3.63, 3.8) is 0 Å². The third-order valence-corrected chi connectivity index (χ3v) is 19.6. The van der Waals surface area contributed by atoms with Crippen LogP contribution in [0.2, 0.25) is 0 Å². The Morgan fingerprint density at radius 2 is 0.384 bits per heavy atom. The van der Waals surface area contributed by atoms with E-state index < -0.39 is 280 Å². The molecule has 0 unspecified atom stereocenters. The molecule has 0 saturated heterocycles. The third kappa shape index (κ3) is 693. The Bertz CT molecular complexity index is 1200. The summed E-state index contributed by atoms with van der Waals surface area (Å²) in [6.07, 6.45) is 0. The molecule has 86 heteroatoms. The van der Waals surface area contributed by atoms with Crippen molar-refractivity contribution in [2.75, 3.05) is 0 Å². The molecule has 0 aliphatic carbocycles. The molecule has 0 rings (SSSR count). The zero-order valence-electron chi connectivity index (χ0n) is 37.8. The van der Waals surface area contributed by atoms with Gasteiger partial charge in [-0.2, -0.15) is 16.8 Å². The molecule has 0 aliphatic heterocycles. The molecular weight excluding hydrogens is 5920 g/mol. The average Bonchev–Trinajstić information content (AvgIpc) is 3.53. The van der Waals surface area contributed by atoms with E-state index >= 15 is 0 Å². The second kappa shape index (κ2) is 298. The van der Waals surface area contributed by atoms with Crippen molar-refractivity contribution in [1.82, 2.24) is 0 Å². The van der Waals surface area contributed by atoms with Gasteiger partial charge in [-0.15, -0.1) is 0 Å². The van der Waals surface area contributed by atoms with Crippen molar-refractivity contribution in [2.45, 2.75) is 0 Å². The van der Waals surface area contributed by atoms with Crippen LogP contribution in [0, 0.1) is 0 Å². The van der Waals surface area contributed by atoms with Gasteiger partial charge in [0.15, 0.2) is 0 Å². The monoisotopic (exact) mass is 5950 g/mol. The van der Waals surface area contributed by atoms with E-state index in [9.17, 15) is 13.4 Å². The Labute approximate surface area is 835 Å². The van der Waals surface area contributed by atoms with Crippen LogP contribution in [0.1, 0.15) is 0 Å². The molecule has 0 saturated carbocycles. The van der Waals surface area contributed by atoms with Crippen LogP contribution in [0.15, 0.2) is 0 Å². The molecule has 486 valence electrons. The van der Waals surface area contributed by atoms with E-state index in [1.165, 1.54) is 0 Å². The van der Waals surface area contributed by atoms with Gasteiger partial charge in [0.05, 0.1) is 0 Å². The van der Waals surface area contributed by atoms with Crippen molar-refractivity contribution in [2.24, 2.45) is 0 Å². The van der Waals surface area contributed by atoms with Crippen molar-refractivity contribution >= 4 is 659 Å². The van der Waals surface area contributed by atoms with E-state index in [0.717, 1.165) is 0 Å². The normalized spacial score (nSPS) is 6.14. The number of hydrogen-bond acceptors (Lipinski definition) is 55. The summed E-state index contributed by atoms with van der Waals surface area (Å²) in [5, 5.41) is 63.2. The first kappa shape index (κ1) is 181. The molecule has 36 radical (unpaired) electrons. The van der Waals surface area contributed by atoms with E-state index in [0.29, 0.717) is 0 Å². The van der Waals surface area contributed by atoms with Gasteiger partial charge in [0.1, 0.15) is 0 Å². The van der Waals surface area contributed by atoms with Crippen LogP contribution in [0.5, 0.6) is 0 Å². The summed E-state index contributed by atoms with van der Waals surface area (Å²) in [5.74, 6) is 0. The maximum atomic E-state index is 9.59. The topological polar surface area (TPSA) is 835 Å². The van der Waals surface area contributed by atoms with Crippen LogP contribution >= 0.6 is 43.2 Å². The predicted octanol–water partition coefficient (Wildman–Crippen LogP) is -12.8. The number of hydrogen-bond donors (Lipinski definition) is 8. The Kier molecular flexibility index (Phi) is 628. The quantitative estimate of drug-likeness (QED) is 0.0101. The van der Waals surface area contributed by atoms with Gasteiger partial charge < -0.3 is 27.8 Å². The van der Waals surface area contributed by atoms with Crippen molar-refractivity contribution in [3.8, 4) is 0 Å². The zero-order valence-corrected chi connectivity index (χ0v) is 135. The molecule has 54 nitrogen and oxygen atoms in total. The Morgan fingerprint density at radius 3 is 0.442 bits per heavy atom. The van der Waals surface area contributed by atoms with Crippen molar-refractivity contribution in [3.05, 3.63) is 0 Å². The number of thiol groups is 2. The maximum absolute atomic E-state index is 9.59. The van der Waals surface area contributed by atoms with Gasteiger partial charge in [0.25, 0.3) is 0 Å². The Hall–Kier alpha value is 17.4. The fourth-order valence-corrected chi connectivity index (χ4v) is 5.35. The fourth-order valence-electron chi connectivity index (χ4n) is 0.206. The number of rotatable bonds is 21. The summed E-state index contributed by atoms with van der Waals surface area (Å²) in [5.41, 5.74) is 0. The van der Waals surface area contributed by atoms with Gasteiger partial charge in [0.2, 0.25) is 0 Å². The minimum absolute atomic E-state index is 0. The first-order chi connectivity index (χ1) is 40.2. The van der Waals surface area contributed by atoms with Crippen LogP contribution in [0.4, 0.5) is 0 Å². The molecule has 0 amide bonds. The van der Waals surface area contributed by atoms with Crippen molar-refractivity contribution in [1.29, 1.82) is 0 Å². The Morgan fingerprint density at radius 1 is 0.279 bits per heavy atom. The van der Waals surface area contributed by atoms with Crippen LogP contribution in [0.3, 0.4) is 0 Å². The molecule has 0 aromatic rings. The standard InChI is InChI=1S/2H2O4S.5H2O4.2HO2S.2H2O.20O.23Pb.5S/c2*1-5(2,3)4;5*1-3-4-2;2*1-3-2;;;;;;;;;;;;;;;;;;;;;;;;;;;;;;;;;;;;;;;;;;;;;;;;;;/h2*(H2,1,2,3,4);5*1-2H;2*3H;2*1H2;;;;;;;;;;;;;;;;;;;;;;;;;;;;;;;;;;;;;;;;;;;;;;;;/q;;;;;;;2*-1;;;;;;;;;;;;;;;;;;;;;;;;;;;;;;;;;;;;;;;;6*+1;;;;;/p-6. The molecule has 0 aromatic heterocycles. The van der Waals surface area contributed by atoms with Gasteiger partial charge in [-0.05, 0) is 0 Å². The molecule has 86 heavy (non-hydrogen) atoms. The van der Waals surface area contributed by atoms with Gasteiger partial charge in [-0.25, -0.2) is 0 Å². The molecule has 0 atom stereocenters. The molecule has 0 bridgehead atoms. The molecule has 0 aromatic carbocycles. The van der Waals surface area contributed by atoms with E-state index in [1.807, 2.05) is 0 Å². The van der Waals surface area contributed by atoms with E-state index in [1.54, 1.807) is 0 Å². The van der Waals surface area contributed by atoms with Gasteiger partial charge in [-0.1, -0.05) is 23.1 Å². The van der Waals surface area contributed by atoms with E-state index in [4.69, 9.17) is 108 Å². The van der Waals surface area contributed by atoms with E-state index in [-0.39, 0.29) is 346 Å². The summed E-state index contributed by atoms with van der Waals surface area (Å²) < 4.78 is 285. The molecule has 0 fully saturated rings. The molecule has 12 N–H and O–H groups in total. The zero-order chi connectivity index (χ0) is 74.2. The first-order valence-corrected chi connectivity index (χ1v) is 86.0. The van der Waals surface area contributed by atoms with Crippen LogP contribution < -0.4 is 0 Å². The van der Waals surface area contributed by atoms with Gasteiger partial charge in [0, 0.05) is 0 Å². The first-order valence-electron chi connectivity index (χ1n) is 11.4. The van der Waals surface area contributed by atoms with Crippen LogP contribution in [-0.4, -0.2) is 639 Å². The Balaban J connectivity index is -0.0000000185. The molecule has 0 heterocycles. The van der Waals surface area contributed by atoms with Crippen LogP contribution in [-0.2, 0) is 178 Å². The summed E-state index contributed by atoms with van der Waals surface area (Å²) in [6.45, 7) is 0. The van der Waals surface area contributed by atoms with E-state index in [2.05, 4.69) is 112 Å². The molecule has 0 aliphatic rings.